The lowest BCUT2D eigenvalue weighted by Crippen LogP contribution is -2.19. The number of halogens is 1. The lowest BCUT2D eigenvalue weighted by Gasteiger charge is -2.21. The first-order valence-electron chi connectivity index (χ1n) is 7.32. The summed E-state index contributed by atoms with van der Waals surface area (Å²) in [4.78, 5) is 0. The minimum absolute atomic E-state index is 0.894. The van der Waals surface area contributed by atoms with Gasteiger partial charge in [0, 0.05) is 6.54 Å². The monoisotopic (exact) mass is 325 g/mol. The molecule has 1 saturated carbocycles. The molecule has 106 valence electrons. The molecule has 0 aliphatic heterocycles. The Morgan fingerprint density at radius 1 is 1.26 bits per heavy atom. The van der Waals surface area contributed by atoms with Gasteiger partial charge in [0.2, 0.25) is 0 Å². The Morgan fingerprint density at radius 3 is 2.74 bits per heavy atom. The summed E-state index contributed by atoms with van der Waals surface area (Å²) in [6.45, 7) is 2.07. The molecule has 1 aliphatic carbocycles. The normalized spacial score (nSPS) is 16.5. The second kappa shape index (κ2) is 7.91. The summed E-state index contributed by atoms with van der Waals surface area (Å²) < 4.78 is 6.27. The third-order valence-electron chi connectivity index (χ3n) is 4.00. The number of hydrogen-bond donors (Lipinski definition) is 1. The SMILES string of the molecule is COc1ccc(CNCCC2CCCCC2)cc1Br. The van der Waals surface area contributed by atoms with Crippen molar-refractivity contribution in [2.45, 2.75) is 45.1 Å². The van der Waals surface area contributed by atoms with E-state index in [4.69, 9.17) is 4.74 Å². The summed E-state index contributed by atoms with van der Waals surface area (Å²) in [7, 11) is 1.70. The molecule has 2 nitrogen and oxygen atoms in total. The maximum Gasteiger partial charge on any atom is 0.133 e. The molecule has 19 heavy (non-hydrogen) atoms. The van der Waals surface area contributed by atoms with E-state index in [1.807, 2.05) is 6.07 Å². The number of nitrogens with one attached hydrogen (secondary N) is 1. The minimum atomic E-state index is 0.894. The highest BCUT2D eigenvalue weighted by Crippen LogP contribution is 2.26. The molecule has 3 heteroatoms. The first-order valence-corrected chi connectivity index (χ1v) is 8.12. The van der Waals surface area contributed by atoms with Crippen LogP contribution in [0.5, 0.6) is 5.75 Å². The molecule has 0 heterocycles. The molecule has 1 aliphatic rings. The second-order valence-electron chi connectivity index (χ2n) is 5.44. The molecule has 0 saturated heterocycles. The fraction of sp³-hybridized carbons (Fsp3) is 0.625. The van der Waals surface area contributed by atoms with Crippen molar-refractivity contribution in [2.24, 2.45) is 5.92 Å². The summed E-state index contributed by atoms with van der Waals surface area (Å²) in [5, 5.41) is 3.55. The van der Waals surface area contributed by atoms with Crippen LogP contribution in [0, 0.1) is 5.92 Å². The van der Waals surface area contributed by atoms with Crippen LogP contribution in [0.4, 0.5) is 0 Å². The van der Waals surface area contributed by atoms with E-state index in [0.717, 1.165) is 29.2 Å². The van der Waals surface area contributed by atoms with Crippen molar-refractivity contribution in [3.05, 3.63) is 28.2 Å². The molecule has 0 radical (unpaired) electrons. The molecule has 0 spiro atoms. The average Bonchev–Trinajstić information content (AvgIpc) is 2.45. The van der Waals surface area contributed by atoms with E-state index < -0.39 is 0 Å². The highest BCUT2D eigenvalue weighted by molar-refractivity contribution is 9.10. The molecule has 0 unspecified atom stereocenters. The van der Waals surface area contributed by atoms with Crippen molar-refractivity contribution in [1.29, 1.82) is 0 Å². The lowest BCUT2D eigenvalue weighted by molar-refractivity contribution is 0.334. The highest BCUT2D eigenvalue weighted by Gasteiger charge is 2.12. The van der Waals surface area contributed by atoms with E-state index >= 15 is 0 Å². The quantitative estimate of drug-likeness (QED) is 0.776. The van der Waals surface area contributed by atoms with E-state index in [9.17, 15) is 0 Å². The van der Waals surface area contributed by atoms with Crippen molar-refractivity contribution in [3.63, 3.8) is 0 Å². The van der Waals surface area contributed by atoms with Gasteiger partial charge in [-0.25, -0.2) is 0 Å². The van der Waals surface area contributed by atoms with E-state index in [1.54, 1.807) is 7.11 Å². The Kier molecular flexibility index (Phi) is 6.18. The third-order valence-corrected chi connectivity index (χ3v) is 4.62. The fourth-order valence-electron chi connectivity index (χ4n) is 2.83. The molecule has 1 fully saturated rings. The number of hydrogen-bond acceptors (Lipinski definition) is 2. The lowest BCUT2D eigenvalue weighted by atomic mass is 9.87. The van der Waals surface area contributed by atoms with Gasteiger partial charge in [-0.05, 0) is 52.5 Å². The zero-order valence-corrected chi connectivity index (χ0v) is 13.3. The molecule has 1 aromatic carbocycles. The van der Waals surface area contributed by atoms with Crippen LogP contribution in [0.1, 0.15) is 44.1 Å². The van der Waals surface area contributed by atoms with Gasteiger partial charge in [-0.3, -0.25) is 0 Å². The second-order valence-corrected chi connectivity index (χ2v) is 6.29. The van der Waals surface area contributed by atoms with Crippen molar-refractivity contribution in [2.75, 3.05) is 13.7 Å². The van der Waals surface area contributed by atoms with Gasteiger partial charge in [-0.1, -0.05) is 38.2 Å². The summed E-state index contributed by atoms with van der Waals surface area (Å²) in [6.07, 6.45) is 8.54. The maximum absolute atomic E-state index is 5.24. The Bertz CT molecular complexity index is 388. The minimum Gasteiger partial charge on any atom is -0.496 e. The predicted octanol–water partition coefficient (Wildman–Crippen LogP) is 4.52. The Hall–Kier alpha value is -0.540. The number of rotatable bonds is 6. The number of methoxy groups -OCH3 is 1. The van der Waals surface area contributed by atoms with Gasteiger partial charge in [0.15, 0.2) is 0 Å². The largest absolute Gasteiger partial charge is 0.496 e. The topological polar surface area (TPSA) is 21.3 Å². The van der Waals surface area contributed by atoms with Gasteiger partial charge in [0.25, 0.3) is 0 Å². The molecule has 0 amide bonds. The van der Waals surface area contributed by atoms with Crippen LogP contribution in [0.2, 0.25) is 0 Å². The molecule has 1 aromatic rings. The van der Waals surface area contributed by atoms with Gasteiger partial charge in [0.1, 0.15) is 5.75 Å². The molecular weight excluding hydrogens is 302 g/mol. The zero-order valence-electron chi connectivity index (χ0n) is 11.8. The summed E-state index contributed by atoms with van der Waals surface area (Å²) in [5.41, 5.74) is 1.30. The van der Waals surface area contributed by atoms with Gasteiger partial charge in [-0.15, -0.1) is 0 Å². The first-order chi connectivity index (χ1) is 9.29. The number of benzene rings is 1. The first kappa shape index (κ1) is 14.9. The standard InChI is InChI=1S/C16H24BrNO/c1-19-16-8-7-14(11-15(16)17)12-18-10-9-13-5-3-2-4-6-13/h7-8,11,13,18H,2-6,9-10,12H2,1H3. The summed E-state index contributed by atoms with van der Waals surface area (Å²) in [5.74, 6) is 1.86. The summed E-state index contributed by atoms with van der Waals surface area (Å²) in [6, 6.07) is 6.27. The van der Waals surface area contributed by atoms with Crippen molar-refractivity contribution in [1.82, 2.24) is 5.32 Å². The number of ether oxygens (including phenoxy) is 1. The van der Waals surface area contributed by atoms with Crippen LogP contribution >= 0.6 is 15.9 Å². The molecular formula is C16H24BrNO. The summed E-state index contributed by atoms with van der Waals surface area (Å²) >= 11 is 3.53. The van der Waals surface area contributed by atoms with Gasteiger partial charge in [-0.2, -0.15) is 0 Å². The van der Waals surface area contributed by atoms with E-state index in [2.05, 4.69) is 33.4 Å². The van der Waals surface area contributed by atoms with Crippen LogP contribution < -0.4 is 10.1 Å². The van der Waals surface area contributed by atoms with E-state index in [1.165, 1.54) is 44.1 Å². The zero-order chi connectivity index (χ0) is 13.5. The van der Waals surface area contributed by atoms with Crippen LogP contribution in [-0.2, 0) is 6.54 Å². The van der Waals surface area contributed by atoms with E-state index in [0.29, 0.717) is 0 Å². The molecule has 2 rings (SSSR count). The van der Waals surface area contributed by atoms with Crippen LogP contribution in [0.15, 0.2) is 22.7 Å². The van der Waals surface area contributed by atoms with Gasteiger partial charge < -0.3 is 10.1 Å². The molecule has 0 bridgehead atoms. The van der Waals surface area contributed by atoms with E-state index in [-0.39, 0.29) is 0 Å². The van der Waals surface area contributed by atoms with Crippen LogP contribution in [0.25, 0.3) is 0 Å². The maximum atomic E-state index is 5.24. The third kappa shape index (κ3) is 4.81. The highest BCUT2D eigenvalue weighted by atomic mass is 79.9. The molecule has 0 atom stereocenters. The Morgan fingerprint density at radius 2 is 2.05 bits per heavy atom. The van der Waals surface area contributed by atoms with Crippen molar-refractivity contribution >= 4 is 15.9 Å². The molecule has 0 aromatic heterocycles. The van der Waals surface area contributed by atoms with Crippen molar-refractivity contribution < 1.29 is 4.74 Å². The predicted molar refractivity (Wildman–Crippen MR) is 83.6 cm³/mol. The van der Waals surface area contributed by atoms with Gasteiger partial charge >= 0.3 is 0 Å². The van der Waals surface area contributed by atoms with Gasteiger partial charge in [0.05, 0.1) is 11.6 Å². The van der Waals surface area contributed by atoms with Crippen LogP contribution in [0.3, 0.4) is 0 Å². The van der Waals surface area contributed by atoms with Crippen LogP contribution in [-0.4, -0.2) is 13.7 Å². The smallest absolute Gasteiger partial charge is 0.133 e. The fourth-order valence-corrected chi connectivity index (χ4v) is 3.42. The average molecular weight is 326 g/mol. The molecule has 1 N–H and O–H groups in total. The Labute approximate surface area is 125 Å². The van der Waals surface area contributed by atoms with Crippen molar-refractivity contribution in [3.8, 4) is 5.75 Å². The Balaban J connectivity index is 1.69.